The fourth-order valence-electron chi connectivity index (χ4n) is 2.30. The lowest BCUT2D eigenvalue weighted by atomic mass is 10.2. The molecule has 19 heavy (non-hydrogen) atoms. The highest BCUT2D eigenvalue weighted by atomic mass is 19.1. The standard InChI is InChI=1S/C12H13FN4O2/c13-7-1-3-8(4-2-7)17-11(15-16-12(17)19)10-5-9(18)6-14-10/h1-4,9-10,14,18H,5-6H2,(H,16,19)/t9-,10+/m1/s1. The van der Waals surface area contributed by atoms with Gasteiger partial charge in [0.2, 0.25) is 0 Å². The second-order valence-electron chi connectivity index (χ2n) is 4.55. The molecule has 0 unspecified atom stereocenters. The van der Waals surface area contributed by atoms with E-state index in [1.165, 1.54) is 28.8 Å². The number of hydrogen-bond acceptors (Lipinski definition) is 4. The van der Waals surface area contributed by atoms with E-state index in [4.69, 9.17) is 0 Å². The molecule has 100 valence electrons. The highest BCUT2D eigenvalue weighted by molar-refractivity contribution is 5.33. The van der Waals surface area contributed by atoms with E-state index in [1.807, 2.05) is 0 Å². The Hall–Kier alpha value is -1.99. The Morgan fingerprint density at radius 1 is 1.37 bits per heavy atom. The number of rotatable bonds is 2. The van der Waals surface area contributed by atoms with Crippen molar-refractivity contribution >= 4 is 0 Å². The lowest BCUT2D eigenvalue weighted by Crippen LogP contribution is -2.22. The summed E-state index contributed by atoms with van der Waals surface area (Å²) >= 11 is 0. The summed E-state index contributed by atoms with van der Waals surface area (Å²) in [6, 6.07) is 5.41. The van der Waals surface area contributed by atoms with Crippen LogP contribution in [-0.2, 0) is 0 Å². The molecule has 2 aromatic rings. The van der Waals surface area contributed by atoms with Crippen LogP contribution in [0, 0.1) is 5.82 Å². The predicted molar refractivity (Wildman–Crippen MR) is 65.5 cm³/mol. The van der Waals surface area contributed by atoms with E-state index in [0.29, 0.717) is 24.5 Å². The molecule has 1 aromatic carbocycles. The van der Waals surface area contributed by atoms with Gasteiger partial charge in [0.25, 0.3) is 0 Å². The van der Waals surface area contributed by atoms with E-state index in [1.54, 1.807) is 0 Å². The topological polar surface area (TPSA) is 82.9 Å². The number of β-amino-alcohol motifs (C(OH)–C–C–N with tert-alkyl or cyclic N) is 1. The van der Waals surface area contributed by atoms with Gasteiger partial charge in [-0.2, -0.15) is 5.10 Å². The molecule has 0 amide bonds. The third-order valence-corrected chi connectivity index (χ3v) is 3.20. The van der Waals surface area contributed by atoms with Crippen molar-refractivity contribution in [3.8, 4) is 5.69 Å². The molecule has 0 bridgehead atoms. The molecule has 3 N–H and O–H groups in total. The number of benzene rings is 1. The van der Waals surface area contributed by atoms with E-state index < -0.39 is 6.10 Å². The molecule has 1 aliphatic rings. The van der Waals surface area contributed by atoms with Crippen LogP contribution in [0.15, 0.2) is 29.1 Å². The number of hydrogen-bond donors (Lipinski definition) is 3. The van der Waals surface area contributed by atoms with E-state index in [2.05, 4.69) is 15.5 Å². The number of aromatic amines is 1. The van der Waals surface area contributed by atoms with Crippen molar-refractivity contribution in [3.05, 3.63) is 46.4 Å². The molecule has 1 fully saturated rings. The van der Waals surface area contributed by atoms with Crippen LogP contribution in [0.2, 0.25) is 0 Å². The van der Waals surface area contributed by atoms with Crippen molar-refractivity contribution in [2.24, 2.45) is 0 Å². The molecule has 6 nitrogen and oxygen atoms in total. The van der Waals surface area contributed by atoms with E-state index in [9.17, 15) is 14.3 Å². The molecular formula is C12H13FN4O2. The van der Waals surface area contributed by atoms with Crippen LogP contribution in [0.3, 0.4) is 0 Å². The summed E-state index contributed by atoms with van der Waals surface area (Å²) in [6.07, 6.45) is 0.0457. The minimum absolute atomic E-state index is 0.195. The molecule has 0 radical (unpaired) electrons. The first-order valence-electron chi connectivity index (χ1n) is 6.00. The van der Waals surface area contributed by atoms with Crippen molar-refractivity contribution in [2.45, 2.75) is 18.6 Å². The van der Waals surface area contributed by atoms with Gasteiger partial charge >= 0.3 is 5.69 Å². The smallest absolute Gasteiger partial charge is 0.347 e. The van der Waals surface area contributed by atoms with Crippen molar-refractivity contribution in [1.29, 1.82) is 0 Å². The maximum absolute atomic E-state index is 12.9. The van der Waals surface area contributed by atoms with Crippen LogP contribution >= 0.6 is 0 Å². The van der Waals surface area contributed by atoms with Gasteiger partial charge in [0.05, 0.1) is 17.8 Å². The normalized spacial score (nSPS) is 22.8. The maximum Gasteiger partial charge on any atom is 0.347 e. The quantitative estimate of drug-likeness (QED) is 0.718. The van der Waals surface area contributed by atoms with E-state index in [-0.39, 0.29) is 17.5 Å². The molecule has 3 rings (SSSR count). The van der Waals surface area contributed by atoms with Crippen LogP contribution in [0.1, 0.15) is 18.3 Å². The van der Waals surface area contributed by atoms with Crippen LogP contribution in [-0.4, -0.2) is 32.5 Å². The minimum atomic E-state index is -0.446. The van der Waals surface area contributed by atoms with Crippen LogP contribution in [0.25, 0.3) is 5.69 Å². The first-order valence-corrected chi connectivity index (χ1v) is 6.00. The molecule has 7 heteroatoms. The predicted octanol–water partition coefficient (Wildman–Crippen LogP) is 0.0950. The summed E-state index contributed by atoms with van der Waals surface area (Å²) < 4.78 is 14.3. The van der Waals surface area contributed by atoms with Gasteiger partial charge in [0.15, 0.2) is 5.82 Å². The number of aliphatic hydroxyl groups is 1. The zero-order valence-corrected chi connectivity index (χ0v) is 10.0. The molecule has 2 heterocycles. The van der Waals surface area contributed by atoms with Crippen LogP contribution in [0.5, 0.6) is 0 Å². The molecule has 2 atom stereocenters. The first kappa shape index (κ1) is 12.1. The summed E-state index contributed by atoms with van der Waals surface area (Å²) in [5.74, 6) is 0.129. The summed E-state index contributed by atoms with van der Waals surface area (Å²) in [4.78, 5) is 11.8. The fourth-order valence-corrected chi connectivity index (χ4v) is 2.30. The summed E-state index contributed by atoms with van der Waals surface area (Å²) in [5, 5.41) is 19.0. The average molecular weight is 264 g/mol. The van der Waals surface area contributed by atoms with E-state index >= 15 is 0 Å². The molecule has 0 saturated carbocycles. The Morgan fingerprint density at radius 3 is 2.74 bits per heavy atom. The molecule has 0 aliphatic carbocycles. The first-order chi connectivity index (χ1) is 9.15. The lowest BCUT2D eigenvalue weighted by molar-refractivity contribution is 0.193. The van der Waals surface area contributed by atoms with Gasteiger partial charge in [-0.3, -0.25) is 0 Å². The van der Waals surface area contributed by atoms with Crippen LogP contribution < -0.4 is 11.0 Å². The largest absolute Gasteiger partial charge is 0.392 e. The van der Waals surface area contributed by atoms with Crippen molar-refractivity contribution in [1.82, 2.24) is 20.1 Å². The monoisotopic (exact) mass is 264 g/mol. The summed E-state index contributed by atoms with van der Waals surface area (Å²) in [7, 11) is 0. The SMILES string of the molecule is O=c1[nH]nc([C@@H]2C[C@@H](O)CN2)n1-c1ccc(F)cc1. The second-order valence-corrected chi connectivity index (χ2v) is 4.55. The Kier molecular flexibility index (Phi) is 2.92. The maximum atomic E-state index is 12.9. The Labute approximate surface area is 107 Å². The number of nitrogens with one attached hydrogen (secondary N) is 2. The van der Waals surface area contributed by atoms with Crippen molar-refractivity contribution < 1.29 is 9.50 Å². The average Bonchev–Trinajstić information content (AvgIpc) is 2.97. The zero-order valence-electron chi connectivity index (χ0n) is 10.0. The molecule has 1 aliphatic heterocycles. The highest BCUT2D eigenvalue weighted by Gasteiger charge is 2.28. The van der Waals surface area contributed by atoms with Gasteiger partial charge in [0.1, 0.15) is 5.82 Å². The number of aromatic nitrogens is 3. The Balaban J connectivity index is 2.03. The molecule has 1 saturated heterocycles. The van der Waals surface area contributed by atoms with Gasteiger partial charge in [-0.25, -0.2) is 18.9 Å². The van der Waals surface area contributed by atoms with Gasteiger partial charge in [-0.15, -0.1) is 0 Å². The highest BCUT2D eigenvalue weighted by Crippen LogP contribution is 2.22. The number of nitrogens with zero attached hydrogens (tertiary/aromatic N) is 2. The number of H-pyrrole nitrogens is 1. The molecular weight excluding hydrogens is 251 g/mol. The Bertz CT molecular complexity index is 634. The van der Waals surface area contributed by atoms with Crippen molar-refractivity contribution in [3.63, 3.8) is 0 Å². The third-order valence-electron chi connectivity index (χ3n) is 3.20. The van der Waals surface area contributed by atoms with Gasteiger partial charge in [-0.05, 0) is 30.7 Å². The zero-order chi connectivity index (χ0) is 13.4. The van der Waals surface area contributed by atoms with Gasteiger partial charge in [0, 0.05) is 6.54 Å². The van der Waals surface area contributed by atoms with Crippen LogP contribution in [0.4, 0.5) is 4.39 Å². The summed E-state index contributed by atoms with van der Waals surface area (Å²) in [6.45, 7) is 0.467. The molecule has 0 spiro atoms. The fraction of sp³-hybridized carbons (Fsp3) is 0.333. The molecule has 1 aromatic heterocycles. The lowest BCUT2D eigenvalue weighted by Gasteiger charge is -2.11. The summed E-state index contributed by atoms with van der Waals surface area (Å²) in [5.41, 5.74) is 0.156. The number of aliphatic hydroxyl groups excluding tert-OH is 1. The van der Waals surface area contributed by atoms with Gasteiger partial charge < -0.3 is 10.4 Å². The second kappa shape index (κ2) is 4.60. The third kappa shape index (κ3) is 2.18. The van der Waals surface area contributed by atoms with E-state index in [0.717, 1.165) is 0 Å². The van der Waals surface area contributed by atoms with Gasteiger partial charge in [-0.1, -0.05) is 0 Å². The van der Waals surface area contributed by atoms with Crippen molar-refractivity contribution in [2.75, 3.05) is 6.54 Å². The Morgan fingerprint density at radius 2 is 2.11 bits per heavy atom. The number of halogens is 1. The minimum Gasteiger partial charge on any atom is -0.392 e.